The minimum absolute atomic E-state index is 0.429. The van der Waals surface area contributed by atoms with Gasteiger partial charge in [-0.15, -0.1) is 0 Å². The van der Waals surface area contributed by atoms with Gasteiger partial charge in [0.15, 0.2) is 6.10 Å². The molecule has 0 saturated heterocycles. The SMILES string of the molecule is O=C(Nc1ccccc1Cc1ccccc1)C(O)c1ccccc1. The summed E-state index contributed by atoms with van der Waals surface area (Å²) in [6.07, 6.45) is -0.463. The molecule has 0 fully saturated rings. The van der Waals surface area contributed by atoms with Gasteiger partial charge in [0, 0.05) is 5.69 Å². The van der Waals surface area contributed by atoms with Gasteiger partial charge in [-0.05, 0) is 29.2 Å². The second-order valence-electron chi connectivity index (χ2n) is 5.62. The molecule has 0 saturated carbocycles. The maximum absolute atomic E-state index is 12.4. The monoisotopic (exact) mass is 317 g/mol. The van der Waals surface area contributed by atoms with Crippen molar-refractivity contribution in [1.29, 1.82) is 0 Å². The second kappa shape index (κ2) is 7.57. The molecule has 2 N–H and O–H groups in total. The van der Waals surface area contributed by atoms with Gasteiger partial charge >= 0.3 is 0 Å². The first kappa shape index (κ1) is 16.0. The van der Waals surface area contributed by atoms with E-state index in [0.717, 1.165) is 17.7 Å². The first-order valence-corrected chi connectivity index (χ1v) is 7.90. The van der Waals surface area contributed by atoms with E-state index >= 15 is 0 Å². The Morgan fingerprint density at radius 2 is 1.42 bits per heavy atom. The van der Waals surface area contributed by atoms with Gasteiger partial charge in [-0.25, -0.2) is 0 Å². The van der Waals surface area contributed by atoms with Crippen LogP contribution in [-0.2, 0) is 11.2 Å². The molecule has 0 spiro atoms. The number of amides is 1. The lowest BCUT2D eigenvalue weighted by molar-refractivity contribution is -0.124. The van der Waals surface area contributed by atoms with Crippen LogP contribution in [0.2, 0.25) is 0 Å². The van der Waals surface area contributed by atoms with Crippen molar-refractivity contribution in [2.45, 2.75) is 12.5 Å². The molecule has 0 aliphatic rings. The second-order valence-corrected chi connectivity index (χ2v) is 5.62. The van der Waals surface area contributed by atoms with Crippen LogP contribution in [0.3, 0.4) is 0 Å². The average molecular weight is 317 g/mol. The maximum atomic E-state index is 12.4. The van der Waals surface area contributed by atoms with Gasteiger partial charge < -0.3 is 10.4 Å². The summed E-state index contributed by atoms with van der Waals surface area (Å²) in [6, 6.07) is 26.7. The molecule has 1 atom stereocenters. The number of hydrogen-bond donors (Lipinski definition) is 2. The average Bonchev–Trinajstić information content (AvgIpc) is 2.64. The normalized spacial score (nSPS) is 11.7. The van der Waals surface area contributed by atoms with Crippen LogP contribution in [-0.4, -0.2) is 11.0 Å². The maximum Gasteiger partial charge on any atom is 0.257 e. The Balaban J connectivity index is 1.77. The first-order chi connectivity index (χ1) is 11.7. The van der Waals surface area contributed by atoms with Crippen LogP contribution in [0.15, 0.2) is 84.9 Å². The number of nitrogens with one attached hydrogen (secondary N) is 1. The van der Waals surface area contributed by atoms with Crippen LogP contribution < -0.4 is 5.32 Å². The van der Waals surface area contributed by atoms with Crippen LogP contribution in [0.4, 0.5) is 5.69 Å². The molecule has 0 aromatic heterocycles. The van der Waals surface area contributed by atoms with Gasteiger partial charge in [0.05, 0.1) is 0 Å². The molecule has 0 radical (unpaired) electrons. The third-order valence-electron chi connectivity index (χ3n) is 3.88. The van der Waals surface area contributed by atoms with Crippen LogP contribution in [0.1, 0.15) is 22.8 Å². The molecule has 24 heavy (non-hydrogen) atoms. The van der Waals surface area contributed by atoms with E-state index in [1.807, 2.05) is 48.5 Å². The number of carbonyl (C=O) groups is 1. The van der Waals surface area contributed by atoms with E-state index in [1.165, 1.54) is 5.56 Å². The van der Waals surface area contributed by atoms with Crippen molar-refractivity contribution in [2.24, 2.45) is 0 Å². The van der Waals surface area contributed by atoms with Crippen molar-refractivity contribution in [1.82, 2.24) is 0 Å². The fourth-order valence-electron chi connectivity index (χ4n) is 2.60. The molecule has 3 aromatic carbocycles. The largest absolute Gasteiger partial charge is 0.378 e. The van der Waals surface area contributed by atoms with Crippen molar-refractivity contribution >= 4 is 11.6 Å². The summed E-state index contributed by atoms with van der Waals surface area (Å²) in [6.45, 7) is 0. The van der Waals surface area contributed by atoms with Gasteiger partial charge in [-0.2, -0.15) is 0 Å². The molecule has 0 bridgehead atoms. The molecule has 0 aliphatic heterocycles. The number of carbonyl (C=O) groups excluding carboxylic acids is 1. The summed E-state index contributed by atoms with van der Waals surface area (Å²) >= 11 is 0. The minimum Gasteiger partial charge on any atom is -0.378 e. The zero-order chi connectivity index (χ0) is 16.8. The van der Waals surface area contributed by atoms with Crippen molar-refractivity contribution in [3.05, 3.63) is 102 Å². The number of rotatable bonds is 5. The molecule has 0 aliphatic carbocycles. The highest BCUT2D eigenvalue weighted by atomic mass is 16.3. The summed E-state index contributed by atoms with van der Waals surface area (Å²) in [5.74, 6) is -0.429. The summed E-state index contributed by atoms with van der Waals surface area (Å²) < 4.78 is 0. The first-order valence-electron chi connectivity index (χ1n) is 7.90. The van der Waals surface area contributed by atoms with Crippen molar-refractivity contribution in [3.63, 3.8) is 0 Å². The Kier molecular flexibility index (Phi) is 5.04. The molecule has 3 nitrogen and oxygen atoms in total. The highest BCUT2D eigenvalue weighted by Gasteiger charge is 2.18. The predicted molar refractivity (Wildman–Crippen MR) is 95.7 cm³/mol. The highest BCUT2D eigenvalue weighted by molar-refractivity contribution is 5.95. The standard InChI is InChI=1S/C21H19NO2/c23-20(17-11-5-2-6-12-17)21(24)22-19-14-8-7-13-18(19)15-16-9-3-1-4-10-16/h1-14,20,23H,15H2,(H,22,24). The molecule has 1 amide bonds. The van der Waals surface area contributed by atoms with Crippen molar-refractivity contribution in [3.8, 4) is 0 Å². The highest BCUT2D eigenvalue weighted by Crippen LogP contribution is 2.21. The molecular weight excluding hydrogens is 298 g/mol. The van der Waals surface area contributed by atoms with E-state index in [9.17, 15) is 9.90 Å². The molecule has 0 heterocycles. The van der Waals surface area contributed by atoms with E-state index in [2.05, 4.69) is 17.4 Å². The van der Waals surface area contributed by atoms with Crippen LogP contribution in [0.5, 0.6) is 0 Å². The smallest absolute Gasteiger partial charge is 0.257 e. The van der Waals surface area contributed by atoms with E-state index < -0.39 is 12.0 Å². The van der Waals surface area contributed by atoms with Crippen molar-refractivity contribution in [2.75, 3.05) is 5.32 Å². The number of hydrogen-bond acceptors (Lipinski definition) is 2. The van der Waals surface area contributed by atoms with Crippen molar-refractivity contribution < 1.29 is 9.90 Å². The quantitative estimate of drug-likeness (QED) is 0.748. The number of anilines is 1. The number of aliphatic hydroxyl groups is 1. The van der Waals surface area contributed by atoms with E-state index in [-0.39, 0.29) is 0 Å². The Bertz CT molecular complexity index is 800. The lowest BCUT2D eigenvalue weighted by Gasteiger charge is -2.14. The van der Waals surface area contributed by atoms with E-state index in [1.54, 1.807) is 24.3 Å². The molecule has 1 unspecified atom stereocenters. The van der Waals surface area contributed by atoms with Gasteiger partial charge in [-0.1, -0.05) is 78.9 Å². The zero-order valence-electron chi connectivity index (χ0n) is 13.2. The van der Waals surface area contributed by atoms with Gasteiger partial charge in [-0.3, -0.25) is 4.79 Å². The molecule has 3 aromatic rings. The van der Waals surface area contributed by atoms with Crippen LogP contribution >= 0.6 is 0 Å². The Morgan fingerprint density at radius 3 is 2.12 bits per heavy atom. The number of benzene rings is 3. The van der Waals surface area contributed by atoms with Crippen LogP contribution in [0.25, 0.3) is 0 Å². The number of aliphatic hydroxyl groups excluding tert-OH is 1. The lowest BCUT2D eigenvalue weighted by atomic mass is 10.0. The third-order valence-corrected chi connectivity index (χ3v) is 3.88. The van der Waals surface area contributed by atoms with E-state index in [4.69, 9.17) is 0 Å². The number of para-hydroxylation sites is 1. The summed E-state index contributed by atoms with van der Waals surface area (Å²) in [5.41, 5.74) is 3.48. The predicted octanol–water partition coefficient (Wildman–Crippen LogP) is 3.95. The summed E-state index contributed by atoms with van der Waals surface area (Å²) in [7, 11) is 0. The minimum atomic E-state index is -1.18. The fraction of sp³-hybridized carbons (Fsp3) is 0.0952. The summed E-state index contributed by atoms with van der Waals surface area (Å²) in [5, 5.41) is 13.1. The van der Waals surface area contributed by atoms with Crippen LogP contribution in [0, 0.1) is 0 Å². The summed E-state index contributed by atoms with van der Waals surface area (Å²) in [4.78, 5) is 12.4. The molecular formula is C21H19NO2. The molecule has 3 heteroatoms. The Hall–Kier alpha value is -2.91. The van der Waals surface area contributed by atoms with E-state index in [0.29, 0.717) is 5.56 Å². The third kappa shape index (κ3) is 3.89. The topological polar surface area (TPSA) is 49.3 Å². The Morgan fingerprint density at radius 1 is 0.833 bits per heavy atom. The van der Waals surface area contributed by atoms with Gasteiger partial charge in [0.1, 0.15) is 0 Å². The molecule has 120 valence electrons. The molecule has 3 rings (SSSR count). The fourth-order valence-corrected chi connectivity index (χ4v) is 2.60. The Labute approximate surface area is 141 Å². The lowest BCUT2D eigenvalue weighted by Crippen LogP contribution is -2.21. The van der Waals surface area contributed by atoms with Gasteiger partial charge in [0.25, 0.3) is 5.91 Å². The van der Waals surface area contributed by atoms with Gasteiger partial charge in [0.2, 0.25) is 0 Å². The zero-order valence-corrected chi connectivity index (χ0v) is 13.2.